The minimum atomic E-state index is -0.948. The second kappa shape index (κ2) is 14.4. The highest BCUT2D eigenvalue weighted by molar-refractivity contribution is 4.62. The second-order valence-corrected chi connectivity index (χ2v) is 5.76. The highest BCUT2D eigenvalue weighted by atomic mass is 16.9. The van der Waals surface area contributed by atoms with Gasteiger partial charge in [0.2, 0.25) is 0 Å². The van der Waals surface area contributed by atoms with Crippen molar-refractivity contribution in [2.75, 3.05) is 20.3 Å². The van der Waals surface area contributed by atoms with Crippen LogP contribution >= 0.6 is 0 Å². The first-order valence-corrected chi connectivity index (χ1v) is 9.16. The molecule has 0 N–H and O–H groups in total. The molecule has 0 bridgehead atoms. The summed E-state index contributed by atoms with van der Waals surface area (Å²) in [4.78, 5) is 0. The summed E-state index contributed by atoms with van der Waals surface area (Å²) in [5.74, 6) is -0.948. The fraction of sp³-hybridized carbons (Fsp3) is 1.00. The number of hydrogen-bond acceptors (Lipinski definition) is 4. The minimum Gasteiger partial charge on any atom is -0.356 e. The van der Waals surface area contributed by atoms with Gasteiger partial charge < -0.3 is 14.2 Å². The minimum absolute atomic E-state index is 0.273. The maximum Gasteiger partial charge on any atom is 0.285 e. The van der Waals surface area contributed by atoms with Crippen LogP contribution in [0.3, 0.4) is 0 Å². The number of unbranched alkanes of at least 4 members (excludes halogenated alkanes) is 3. The van der Waals surface area contributed by atoms with E-state index in [1.165, 1.54) is 0 Å². The van der Waals surface area contributed by atoms with E-state index < -0.39 is 5.97 Å². The van der Waals surface area contributed by atoms with Crippen LogP contribution in [-0.2, 0) is 18.9 Å². The Bertz CT molecular complexity index is 223. The Morgan fingerprint density at radius 3 is 1.73 bits per heavy atom. The lowest BCUT2D eigenvalue weighted by Crippen LogP contribution is -2.43. The molecule has 0 saturated carbocycles. The molecule has 0 aromatic carbocycles. The fourth-order valence-electron chi connectivity index (χ4n) is 2.11. The van der Waals surface area contributed by atoms with Crippen molar-refractivity contribution in [3.63, 3.8) is 0 Å². The van der Waals surface area contributed by atoms with E-state index in [1.807, 2.05) is 0 Å². The van der Waals surface area contributed by atoms with Crippen LogP contribution in [0.1, 0.15) is 85.5 Å². The Balaban J connectivity index is 4.86. The summed E-state index contributed by atoms with van der Waals surface area (Å²) >= 11 is 0. The highest BCUT2D eigenvalue weighted by Crippen LogP contribution is 2.27. The van der Waals surface area contributed by atoms with Crippen molar-refractivity contribution in [3.05, 3.63) is 0 Å². The molecular formula is C18H38O4. The zero-order chi connectivity index (χ0) is 16.7. The molecule has 4 nitrogen and oxygen atoms in total. The Labute approximate surface area is 137 Å². The van der Waals surface area contributed by atoms with Gasteiger partial charge in [0, 0.05) is 13.5 Å². The van der Waals surface area contributed by atoms with E-state index >= 15 is 0 Å². The maximum atomic E-state index is 6.16. The molecule has 0 heterocycles. The normalized spacial score (nSPS) is 13.5. The highest BCUT2D eigenvalue weighted by Gasteiger charge is 2.36. The third-order valence-corrected chi connectivity index (χ3v) is 3.57. The molecule has 0 aliphatic carbocycles. The van der Waals surface area contributed by atoms with E-state index in [1.54, 1.807) is 7.11 Å². The van der Waals surface area contributed by atoms with Gasteiger partial charge in [-0.25, -0.2) is 0 Å². The van der Waals surface area contributed by atoms with Gasteiger partial charge in [0.15, 0.2) is 6.29 Å². The monoisotopic (exact) mass is 318 g/mol. The molecule has 0 radical (unpaired) electrons. The fourth-order valence-corrected chi connectivity index (χ4v) is 2.11. The van der Waals surface area contributed by atoms with E-state index in [4.69, 9.17) is 18.9 Å². The molecule has 134 valence electrons. The summed E-state index contributed by atoms with van der Waals surface area (Å²) in [5, 5.41) is 0. The van der Waals surface area contributed by atoms with Crippen molar-refractivity contribution in [1.82, 2.24) is 0 Å². The number of hydrogen-bond donors (Lipinski definition) is 0. The number of methoxy groups -OCH3 is 1. The van der Waals surface area contributed by atoms with E-state index in [0.29, 0.717) is 13.2 Å². The molecule has 0 saturated heterocycles. The molecule has 0 aliphatic heterocycles. The Morgan fingerprint density at radius 1 is 0.773 bits per heavy atom. The average molecular weight is 318 g/mol. The first kappa shape index (κ1) is 21.8. The smallest absolute Gasteiger partial charge is 0.285 e. The lowest BCUT2D eigenvalue weighted by atomic mass is 10.2. The Morgan fingerprint density at radius 2 is 1.32 bits per heavy atom. The van der Waals surface area contributed by atoms with Crippen LogP contribution in [0, 0.1) is 0 Å². The molecule has 22 heavy (non-hydrogen) atoms. The van der Waals surface area contributed by atoms with Gasteiger partial charge in [-0.2, -0.15) is 0 Å². The number of ether oxygens (including phenoxy) is 4. The lowest BCUT2D eigenvalue weighted by molar-refractivity contribution is -0.420. The van der Waals surface area contributed by atoms with Gasteiger partial charge in [-0.15, -0.1) is 0 Å². The summed E-state index contributed by atoms with van der Waals surface area (Å²) in [7, 11) is 1.68. The lowest BCUT2D eigenvalue weighted by Gasteiger charge is -2.36. The van der Waals surface area contributed by atoms with Crippen molar-refractivity contribution in [2.24, 2.45) is 0 Å². The standard InChI is InChI=1S/C18H38O4/c1-6-10-14-18(20-15-11-7-2,21-16-12-8-3)22-17(19-5)13-9-4/h17H,6-16H2,1-5H3. The summed E-state index contributed by atoms with van der Waals surface area (Å²) in [6.45, 7) is 9.93. The topological polar surface area (TPSA) is 36.9 Å². The molecule has 0 spiro atoms. The second-order valence-electron chi connectivity index (χ2n) is 5.76. The van der Waals surface area contributed by atoms with Crippen molar-refractivity contribution < 1.29 is 18.9 Å². The van der Waals surface area contributed by atoms with E-state index in [0.717, 1.165) is 57.8 Å². The molecule has 4 heteroatoms. The van der Waals surface area contributed by atoms with E-state index in [2.05, 4.69) is 27.7 Å². The van der Waals surface area contributed by atoms with Crippen LogP contribution in [0.25, 0.3) is 0 Å². The summed E-state index contributed by atoms with van der Waals surface area (Å²) in [6, 6.07) is 0. The van der Waals surface area contributed by atoms with Gasteiger partial charge in [0.05, 0.1) is 13.2 Å². The molecular weight excluding hydrogens is 280 g/mol. The largest absolute Gasteiger partial charge is 0.356 e. The first-order chi connectivity index (χ1) is 10.7. The van der Waals surface area contributed by atoms with E-state index in [9.17, 15) is 0 Å². The van der Waals surface area contributed by atoms with Gasteiger partial charge >= 0.3 is 0 Å². The van der Waals surface area contributed by atoms with Crippen molar-refractivity contribution in [3.8, 4) is 0 Å². The summed E-state index contributed by atoms with van der Waals surface area (Å²) < 4.78 is 23.8. The van der Waals surface area contributed by atoms with Crippen molar-refractivity contribution in [2.45, 2.75) is 97.7 Å². The van der Waals surface area contributed by atoms with E-state index in [-0.39, 0.29) is 6.29 Å². The predicted octanol–water partition coefficient (Wildman–Crippen LogP) is 5.25. The molecule has 0 aromatic rings. The van der Waals surface area contributed by atoms with Crippen LogP contribution in [-0.4, -0.2) is 32.6 Å². The number of rotatable bonds is 16. The van der Waals surface area contributed by atoms with Crippen LogP contribution in [0.2, 0.25) is 0 Å². The Kier molecular flexibility index (Phi) is 14.3. The van der Waals surface area contributed by atoms with Gasteiger partial charge in [-0.1, -0.05) is 53.4 Å². The van der Waals surface area contributed by atoms with Crippen LogP contribution in [0.15, 0.2) is 0 Å². The quantitative estimate of drug-likeness (QED) is 0.287. The summed E-state index contributed by atoms with van der Waals surface area (Å²) in [6.07, 6.45) is 8.66. The molecule has 0 aromatic heterocycles. The van der Waals surface area contributed by atoms with Gasteiger partial charge in [0.1, 0.15) is 0 Å². The van der Waals surface area contributed by atoms with Crippen molar-refractivity contribution in [1.29, 1.82) is 0 Å². The average Bonchev–Trinajstić information content (AvgIpc) is 2.53. The van der Waals surface area contributed by atoms with Crippen molar-refractivity contribution >= 4 is 0 Å². The summed E-state index contributed by atoms with van der Waals surface area (Å²) in [5.41, 5.74) is 0. The van der Waals surface area contributed by atoms with Crippen LogP contribution in [0.5, 0.6) is 0 Å². The predicted molar refractivity (Wildman–Crippen MR) is 90.8 cm³/mol. The zero-order valence-corrected chi connectivity index (χ0v) is 15.5. The van der Waals surface area contributed by atoms with Crippen LogP contribution < -0.4 is 0 Å². The molecule has 1 unspecified atom stereocenters. The molecule has 1 atom stereocenters. The molecule has 0 aliphatic rings. The molecule has 0 fully saturated rings. The van der Waals surface area contributed by atoms with Gasteiger partial charge in [-0.05, 0) is 25.7 Å². The Hall–Kier alpha value is -0.160. The third-order valence-electron chi connectivity index (χ3n) is 3.57. The first-order valence-electron chi connectivity index (χ1n) is 9.16. The maximum absolute atomic E-state index is 6.16. The SMILES string of the molecule is CCCCOC(CCCC)(OCCCC)OC(CCC)OC. The van der Waals surface area contributed by atoms with Crippen LogP contribution in [0.4, 0.5) is 0 Å². The van der Waals surface area contributed by atoms with Gasteiger partial charge in [-0.3, -0.25) is 4.74 Å². The molecule has 0 amide bonds. The molecule has 0 rings (SSSR count). The van der Waals surface area contributed by atoms with Gasteiger partial charge in [0.25, 0.3) is 5.97 Å². The third kappa shape index (κ3) is 9.78. The zero-order valence-electron chi connectivity index (χ0n) is 15.5.